The second-order valence-electron chi connectivity index (χ2n) is 4.48. The monoisotopic (exact) mass is 317 g/mol. The minimum absolute atomic E-state index is 0.393. The number of aliphatic hydroxyl groups is 1. The van der Waals surface area contributed by atoms with E-state index in [1.165, 1.54) is 0 Å². The number of nitrogens with one attached hydrogen (secondary N) is 1. The number of carbonyl (C=O) groups is 1. The first-order valence-corrected chi connectivity index (χ1v) is 6.32. The Balaban J connectivity index is 0.00000137. The normalized spacial score (nSPS) is 10.1. The van der Waals surface area contributed by atoms with E-state index in [0.717, 1.165) is 17.1 Å². The second-order valence-corrected chi connectivity index (χ2v) is 5.40. The molecule has 0 unspecified atom stereocenters. The lowest BCUT2D eigenvalue weighted by Crippen LogP contribution is -2.32. The minimum Gasteiger partial charge on any atom is -0.444 e. The lowest BCUT2D eigenvalue weighted by molar-refractivity contribution is 0.0523. The van der Waals surface area contributed by atoms with Crippen molar-refractivity contribution in [2.45, 2.75) is 32.9 Å². The Hall–Kier alpha value is -1.07. The molecule has 0 fully saturated rings. The number of hydrogen-bond acceptors (Lipinski definition) is 3. The summed E-state index contributed by atoms with van der Waals surface area (Å²) in [4.78, 5) is 11.4. The lowest BCUT2D eigenvalue weighted by atomic mass is 10.2. The standard InChI is InChI=1S/C12H16BrNO2.CH4O/c1-12(2,3)16-11(15)14-8-9-4-6-10(13)7-5-9;1-2/h4-7H,8H2,1-3H3,(H,14,15);2H,1H3. The predicted octanol–water partition coefficient (Wildman–Crippen LogP) is 3.08. The Morgan fingerprint density at radius 2 is 1.78 bits per heavy atom. The summed E-state index contributed by atoms with van der Waals surface area (Å²) in [7, 11) is 1.00. The van der Waals surface area contributed by atoms with E-state index < -0.39 is 11.7 Å². The van der Waals surface area contributed by atoms with Gasteiger partial charge in [-0.05, 0) is 38.5 Å². The summed E-state index contributed by atoms with van der Waals surface area (Å²) in [5.41, 5.74) is 0.582. The van der Waals surface area contributed by atoms with Gasteiger partial charge < -0.3 is 15.2 Å². The number of halogens is 1. The van der Waals surface area contributed by atoms with Crippen LogP contribution in [0.5, 0.6) is 0 Å². The summed E-state index contributed by atoms with van der Waals surface area (Å²) in [5, 5.41) is 9.70. The van der Waals surface area contributed by atoms with Gasteiger partial charge in [0.25, 0.3) is 0 Å². The Labute approximate surface area is 116 Å². The Bertz CT molecular complexity index is 357. The van der Waals surface area contributed by atoms with Crippen molar-refractivity contribution < 1.29 is 14.6 Å². The number of carbonyl (C=O) groups excluding carboxylic acids is 1. The summed E-state index contributed by atoms with van der Waals surface area (Å²) >= 11 is 3.35. The van der Waals surface area contributed by atoms with Crippen molar-refractivity contribution in [2.24, 2.45) is 0 Å². The number of ether oxygens (including phenoxy) is 1. The molecule has 0 bridgehead atoms. The van der Waals surface area contributed by atoms with E-state index in [4.69, 9.17) is 9.84 Å². The third-order valence-electron chi connectivity index (χ3n) is 1.75. The molecule has 0 heterocycles. The number of amides is 1. The molecule has 0 saturated heterocycles. The average Bonchev–Trinajstić information content (AvgIpc) is 2.29. The van der Waals surface area contributed by atoms with Crippen LogP contribution < -0.4 is 5.32 Å². The molecule has 0 atom stereocenters. The number of aliphatic hydroxyl groups excluding tert-OH is 1. The summed E-state index contributed by atoms with van der Waals surface area (Å²) in [5.74, 6) is 0. The fourth-order valence-corrected chi connectivity index (χ4v) is 1.35. The Kier molecular flexibility index (Phi) is 7.62. The minimum atomic E-state index is -0.455. The molecule has 0 spiro atoms. The van der Waals surface area contributed by atoms with Crippen LogP contribution in [0.1, 0.15) is 26.3 Å². The van der Waals surface area contributed by atoms with Gasteiger partial charge in [-0.2, -0.15) is 0 Å². The second kappa shape index (κ2) is 8.11. The van der Waals surface area contributed by atoms with Crippen LogP contribution in [-0.2, 0) is 11.3 Å². The Morgan fingerprint density at radius 3 is 2.22 bits per heavy atom. The Morgan fingerprint density at radius 1 is 1.28 bits per heavy atom. The van der Waals surface area contributed by atoms with Crippen molar-refractivity contribution in [3.05, 3.63) is 34.3 Å². The summed E-state index contributed by atoms with van der Waals surface area (Å²) < 4.78 is 6.15. The first-order chi connectivity index (χ1) is 8.37. The maximum absolute atomic E-state index is 11.4. The molecule has 102 valence electrons. The first-order valence-electron chi connectivity index (χ1n) is 5.53. The highest BCUT2D eigenvalue weighted by atomic mass is 79.9. The van der Waals surface area contributed by atoms with E-state index in [0.29, 0.717) is 6.54 Å². The van der Waals surface area contributed by atoms with E-state index in [9.17, 15) is 4.79 Å². The molecule has 1 aromatic carbocycles. The largest absolute Gasteiger partial charge is 0.444 e. The third-order valence-corrected chi connectivity index (χ3v) is 2.28. The summed E-state index contributed by atoms with van der Waals surface area (Å²) in [6, 6.07) is 7.76. The summed E-state index contributed by atoms with van der Waals surface area (Å²) in [6.07, 6.45) is -0.393. The van der Waals surface area contributed by atoms with Crippen LogP contribution in [-0.4, -0.2) is 23.9 Å². The zero-order chi connectivity index (χ0) is 14.2. The molecule has 0 aliphatic heterocycles. The number of hydrogen-bond donors (Lipinski definition) is 2. The van der Waals surface area contributed by atoms with E-state index in [1.807, 2.05) is 45.0 Å². The average molecular weight is 318 g/mol. The molecule has 1 amide bonds. The molecule has 1 aromatic rings. The van der Waals surface area contributed by atoms with Crippen LogP contribution in [0.4, 0.5) is 4.79 Å². The lowest BCUT2D eigenvalue weighted by Gasteiger charge is -2.19. The van der Waals surface area contributed by atoms with Gasteiger partial charge in [-0.25, -0.2) is 4.79 Å². The molecule has 0 radical (unpaired) electrons. The van der Waals surface area contributed by atoms with Crippen molar-refractivity contribution >= 4 is 22.0 Å². The van der Waals surface area contributed by atoms with Gasteiger partial charge in [0.2, 0.25) is 0 Å². The van der Waals surface area contributed by atoms with Crippen molar-refractivity contribution in [1.82, 2.24) is 5.32 Å². The maximum Gasteiger partial charge on any atom is 0.407 e. The molecular formula is C13H20BrNO3. The topological polar surface area (TPSA) is 58.6 Å². The van der Waals surface area contributed by atoms with Gasteiger partial charge >= 0.3 is 6.09 Å². The fraction of sp³-hybridized carbons (Fsp3) is 0.462. The molecule has 2 N–H and O–H groups in total. The quantitative estimate of drug-likeness (QED) is 0.881. The third kappa shape index (κ3) is 8.08. The first kappa shape index (κ1) is 16.9. The van der Waals surface area contributed by atoms with Gasteiger partial charge in [-0.1, -0.05) is 28.1 Å². The van der Waals surface area contributed by atoms with E-state index in [-0.39, 0.29) is 0 Å². The predicted molar refractivity (Wildman–Crippen MR) is 75.4 cm³/mol. The van der Waals surface area contributed by atoms with Crippen LogP contribution in [0.15, 0.2) is 28.7 Å². The zero-order valence-electron chi connectivity index (χ0n) is 11.2. The van der Waals surface area contributed by atoms with Crippen molar-refractivity contribution in [3.8, 4) is 0 Å². The zero-order valence-corrected chi connectivity index (χ0v) is 12.7. The van der Waals surface area contributed by atoms with Crippen LogP contribution >= 0.6 is 15.9 Å². The van der Waals surface area contributed by atoms with Gasteiger partial charge in [-0.15, -0.1) is 0 Å². The van der Waals surface area contributed by atoms with Crippen LogP contribution in [0.3, 0.4) is 0 Å². The molecule has 5 heteroatoms. The highest BCUT2D eigenvalue weighted by Gasteiger charge is 2.15. The van der Waals surface area contributed by atoms with Gasteiger partial charge in [-0.3, -0.25) is 0 Å². The molecule has 0 aliphatic carbocycles. The van der Waals surface area contributed by atoms with Crippen molar-refractivity contribution in [1.29, 1.82) is 0 Å². The highest BCUT2D eigenvalue weighted by molar-refractivity contribution is 9.10. The van der Waals surface area contributed by atoms with Gasteiger partial charge in [0, 0.05) is 18.1 Å². The molecule has 18 heavy (non-hydrogen) atoms. The van der Waals surface area contributed by atoms with Gasteiger partial charge in [0.15, 0.2) is 0 Å². The molecular weight excluding hydrogens is 298 g/mol. The fourth-order valence-electron chi connectivity index (χ4n) is 1.09. The number of rotatable bonds is 2. The molecule has 1 rings (SSSR count). The number of benzene rings is 1. The molecule has 0 aromatic heterocycles. The SMILES string of the molecule is CC(C)(C)OC(=O)NCc1ccc(Br)cc1.CO. The molecule has 0 aliphatic rings. The smallest absolute Gasteiger partial charge is 0.407 e. The number of alkyl carbamates (subject to hydrolysis) is 1. The van der Waals surface area contributed by atoms with E-state index in [2.05, 4.69) is 21.2 Å². The summed E-state index contributed by atoms with van der Waals surface area (Å²) in [6.45, 7) is 5.99. The van der Waals surface area contributed by atoms with E-state index in [1.54, 1.807) is 0 Å². The van der Waals surface area contributed by atoms with Gasteiger partial charge in [0.1, 0.15) is 5.60 Å². The van der Waals surface area contributed by atoms with Crippen LogP contribution in [0, 0.1) is 0 Å². The molecule has 4 nitrogen and oxygen atoms in total. The van der Waals surface area contributed by atoms with Crippen LogP contribution in [0.25, 0.3) is 0 Å². The molecule has 0 saturated carbocycles. The van der Waals surface area contributed by atoms with Gasteiger partial charge in [0.05, 0.1) is 0 Å². The van der Waals surface area contributed by atoms with Crippen molar-refractivity contribution in [3.63, 3.8) is 0 Å². The highest BCUT2D eigenvalue weighted by Crippen LogP contribution is 2.11. The van der Waals surface area contributed by atoms with Crippen LogP contribution in [0.2, 0.25) is 0 Å². The maximum atomic E-state index is 11.4. The van der Waals surface area contributed by atoms with Crippen molar-refractivity contribution in [2.75, 3.05) is 7.11 Å². The van der Waals surface area contributed by atoms with E-state index >= 15 is 0 Å².